The Hall–Kier alpha value is -3.17. The molecule has 0 saturated carbocycles. The second-order valence-electron chi connectivity index (χ2n) is 10.5. The quantitative estimate of drug-likeness (QED) is 0.253. The van der Waals surface area contributed by atoms with Crippen LogP contribution in [0.1, 0.15) is 19.4 Å². The van der Waals surface area contributed by atoms with E-state index in [1.54, 1.807) is 0 Å². The first kappa shape index (κ1) is 21.7. The zero-order valence-electron chi connectivity index (χ0n) is 20.3. The van der Waals surface area contributed by atoms with Crippen LogP contribution in [0.3, 0.4) is 0 Å². The van der Waals surface area contributed by atoms with E-state index >= 15 is 0 Å². The summed E-state index contributed by atoms with van der Waals surface area (Å²) in [6.45, 7) is 11.8. The highest BCUT2D eigenvalue weighted by atomic mass is 28.3. The Kier molecular flexibility index (Phi) is 5.45. The van der Waals surface area contributed by atoms with Crippen molar-refractivity contribution in [2.75, 3.05) is 0 Å². The van der Waals surface area contributed by atoms with Crippen molar-refractivity contribution in [3.05, 3.63) is 90.6 Å². The van der Waals surface area contributed by atoms with E-state index in [-0.39, 0.29) is 0 Å². The molecule has 2 aromatic heterocycles. The highest BCUT2D eigenvalue weighted by molar-refractivity contribution is 6.89. The van der Waals surface area contributed by atoms with Crippen LogP contribution in [-0.2, 0) is 6.42 Å². The zero-order valence-corrected chi connectivity index (χ0v) is 21.3. The third-order valence-electron chi connectivity index (χ3n) is 6.43. The van der Waals surface area contributed by atoms with Crippen LogP contribution < -0.4 is 5.19 Å². The van der Waals surface area contributed by atoms with Crippen LogP contribution in [0.15, 0.2) is 85.1 Å². The fraction of sp³-hybridized carbons (Fsp3) is 0.233. The summed E-state index contributed by atoms with van der Waals surface area (Å²) in [5, 5.41) is 4.07. The predicted octanol–water partition coefficient (Wildman–Crippen LogP) is 7.59. The highest BCUT2D eigenvalue weighted by Crippen LogP contribution is 2.32. The highest BCUT2D eigenvalue weighted by Gasteiger charge is 2.22. The Morgan fingerprint density at radius 3 is 1.91 bits per heavy atom. The van der Waals surface area contributed by atoms with Crippen LogP contribution in [0.2, 0.25) is 19.6 Å². The molecule has 0 bridgehead atoms. The minimum absolute atomic E-state index is 0.632. The number of benzene rings is 3. The second-order valence-corrected chi connectivity index (χ2v) is 15.5. The van der Waals surface area contributed by atoms with Gasteiger partial charge in [-0.2, -0.15) is 0 Å². The van der Waals surface area contributed by atoms with Crippen molar-refractivity contribution in [2.24, 2.45) is 5.92 Å². The third-order valence-corrected chi connectivity index (χ3v) is 8.49. The van der Waals surface area contributed by atoms with E-state index in [0.29, 0.717) is 5.92 Å². The van der Waals surface area contributed by atoms with Gasteiger partial charge < -0.3 is 4.57 Å². The summed E-state index contributed by atoms with van der Waals surface area (Å²) in [6, 6.07) is 28.5. The molecular formula is C30H32N2Si. The predicted molar refractivity (Wildman–Crippen MR) is 146 cm³/mol. The van der Waals surface area contributed by atoms with Crippen molar-refractivity contribution in [2.45, 2.75) is 39.9 Å². The first-order valence-corrected chi connectivity index (χ1v) is 15.4. The molecule has 2 nitrogen and oxygen atoms in total. The topological polar surface area (TPSA) is 17.8 Å². The van der Waals surface area contributed by atoms with Gasteiger partial charge in [-0.1, -0.05) is 82.0 Å². The zero-order chi connectivity index (χ0) is 23.2. The van der Waals surface area contributed by atoms with Crippen LogP contribution >= 0.6 is 0 Å². The second kappa shape index (κ2) is 8.31. The fourth-order valence-corrected chi connectivity index (χ4v) is 6.51. The van der Waals surface area contributed by atoms with Crippen LogP contribution in [0, 0.1) is 5.92 Å². The maximum Gasteiger partial charge on any atom is 0.0799 e. The van der Waals surface area contributed by atoms with Gasteiger partial charge >= 0.3 is 0 Å². The van der Waals surface area contributed by atoms with Gasteiger partial charge in [-0.3, -0.25) is 4.98 Å². The standard InChI is InChI=1S/C30H32N2Si/c1-21(2)18-23-19-27(31-20-30(23)33(3,4)5)22-14-16-24(17-15-22)32-28-12-8-6-10-25(28)26-11-7-9-13-29(26)32/h6-17,19-21H,18H2,1-5H3. The molecule has 0 atom stereocenters. The van der Waals surface area contributed by atoms with E-state index in [0.717, 1.165) is 12.1 Å². The van der Waals surface area contributed by atoms with Crippen molar-refractivity contribution < 1.29 is 0 Å². The molecule has 3 heteroatoms. The molecule has 33 heavy (non-hydrogen) atoms. The number of aromatic nitrogens is 2. The summed E-state index contributed by atoms with van der Waals surface area (Å²) in [5.41, 5.74) is 7.37. The molecule has 0 spiro atoms. The molecule has 0 fully saturated rings. The minimum atomic E-state index is -1.43. The Bertz CT molecular complexity index is 1380. The summed E-state index contributed by atoms with van der Waals surface area (Å²) in [6.07, 6.45) is 3.26. The Balaban J connectivity index is 1.59. The lowest BCUT2D eigenvalue weighted by Crippen LogP contribution is -2.40. The minimum Gasteiger partial charge on any atom is -0.309 e. The van der Waals surface area contributed by atoms with E-state index in [4.69, 9.17) is 4.98 Å². The number of para-hydroxylation sites is 2. The van der Waals surface area contributed by atoms with Crippen LogP contribution in [0.4, 0.5) is 0 Å². The van der Waals surface area contributed by atoms with E-state index in [2.05, 4.69) is 123 Å². The lowest BCUT2D eigenvalue weighted by Gasteiger charge is -2.22. The SMILES string of the molecule is CC(C)Cc1cc(-c2ccc(-n3c4ccccc4c4ccccc43)cc2)ncc1[Si](C)(C)C. The van der Waals surface area contributed by atoms with E-state index in [9.17, 15) is 0 Å². The molecule has 0 saturated heterocycles. The van der Waals surface area contributed by atoms with Gasteiger partial charge in [0.05, 0.1) is 24.8 Å². The van der Waals surface area contributed by atoms with Crippen LogP contribution in [0.25, 0.3) is 38.8 Å². The molecule has 5 aromatic rings. The number of hydrogen-bond donors (Lipinski definition) is 0. The van der Waals surface area contributed by atoms with Crippen molar-refractivity contribution >= 4 is 35.1 Å². The van der Waals surface area contributed by atoms with Gasteiger partial charge in [0.25, 0.3) is 0 Å². The average Bonchev–Trinajstić information content (AvgIpc) is 3.12. The van der Waals surface area contributed by atoms with Crippen molar-refractivity contribution in [3.63, 3.8) is 0 Å². The molecule has 0 N–H and O–H groups in total. The molecule has 5 rings (SSSR count). The van der Waals surface area contributed by atoms with Gasteiger partial charge in [0.2, 0.25) is 0 Å². The number of rotatable bonds is 5. The maximum atomic E-state index is 4.90. The third kappa shape index (κ3) is 4.02. The molecule has 166 valence electrons. The maximum absolute atomic E-state index is 4.90. The van der Waals surface area contributed by atoms with Crippen molar-refractivity contribution in [3.8, 4) is 16.9 Å². The van der Waals surface area contributed by atoms with Gasteiger partial charge in [0.15, 0.2) is 0 Å². The average molecular weight is 449 g/mol. The summed E-state index contributed by atoms with van der Waals surface area (Å²) in [5.74, 6) is 0.632. The normalized spacial score (nSPS) is 12.2. The number of hydrogen-bond acceptors (Lipinski definition) is 1. The molecule has 0 radical (unpaired) electrons. The summed E-state index contributed by atoms with van der Waals surface area (Å²) >= 11 is 0. The largest absolute Gasteiger partial charge is 0.309 e. The van der Waals surface area contributed by atoms with Gasteiger partial charge in [-0.15, -0.1) is 0 Å². The number of fused-ring (bicyclic) bond motifs is 3. The lowest BCUT2D eigenvalue weighted by atomic mass is 10.0. The van der Waals surface area contributed by atoms with Crippen LogP contribution in [0.5, 0.6) is 0 Å². The Labute approximate surface area is 197 Å². The van der Waals surface area contributed by atoms with Gasteiger partial charge in [0.1, 0.15) is 0 Å². The van der Waals surface area contributed by atoms with E-state index in [1.165, 1.54) is 43.8 Å². The van der Waals surface area contributed by atoms with Gasteiger partial charge in [-0.05, 0) is 53.4 Å². The number of nitrogens with zero attached hydrogens (tertiary/aromatic N) is 2. The molecule has 0 aliphatic carbocycles. The summed E-state index contributed by atoms with van der Waals surface area (Å²) in [4.78, 5) is 4.90. The Morgan fingerprint density at radius 1 is 0.788 bits per heavy atom. The summed E-state index contributed by atoms with van der Waals surface area (Å²) in [7, 11) is -1.43. The first-order chi connectivity index (χ1) is 15.8. The van der Waals surface area contributed by atoms with Crippen molar-refractivity contribution in [1.29, 1.82) is 0 Å². The van der Waals surface area contributed by atoms with E-state index < -0.39 is 8.07 Å². The van der Waals surface area contributed by atoms with Crippen LogP contribution in [-0.4, -0.2) is 17.6 Å². The molecule has 0 aliphatic heterocycles. The molecule has 0 unspecified atom stereocenters. The van der Waals surface area contributed by atoms with E-state index in [1.807, 2.05) is 0 Å². The Morgan fingerprint density at radius 2 is 1.36 bits per heavy atom. The van der Waals surface area contributed by atoms with Crippen molar-refractivity contribution in [1.82, 2.24) is 9.55 Å². The fourth-order valence-electron chi connectivity index (χ4n) is 4.92. The smallest absolute Gasteiger partial charge is 0.0799 e. The first-order valence-electron chi connectivity index (χ1n) is 11.9. The molecule has 2 heterocycles. The molecule has 3 aromatic carbocycles. The van der Waals surface area contributed by atoms with Gasteiger partial charge in [0, 0.05) is 28.2 Å². The lowest BCUT2D eigenvalue weighted by molar-refractivity contribution is 0.649. The molecule has 0 aliphatic rings. The molecular weight excluding hydrogens is 416 g/mol. The van der Waals surface area contributed by atoms with Gasteiger partial charge in [-0.25, -0.2) is 0 Å². The summed E-state index contributed by atoms with van der Waals surface area (Å²) < 4.78 is 2.36. The monoisotopic (exact) mass is 448 g/mol. The molecule has 0 amide bonds. The number of pyridine rings is 1.